The first-order valence-electron chi connectivity index (χ1n) is 6.31. The number of nitrogens with two attached hydrogens (primary N) is 1. The summed E-state index contributed by atoms with van der Waals surface area (Å²) in [6, 6.07) is 0. The molecule has 1 aliphatic rings. The standard InChI is InChI=1S/C11H15N7O2/c12-9-8-10(14-6-18(8)5-7(19)20)16-11(15-9)17-3-1-13-2-4-17/h6,13H,1-5H2,(H,19,20)(H2,12,15,16). The maximum atomic E-state index is 10.8. The average molecular weight is 277 g/mol. The lowest BCUT2D eigenvalue weighted by atomic mass is 10.4. The Morgan fingerprint density at radius 3 is 2.85 bits per heavy atom. The molecule has 0 spiro atoms. The number of nitrogens with zero attached hydrogens (tertiary/aromatic N) is 5. The van der Waals surface area contributed by atoms with E-state index in [1.165, 1.54) is 10.9 Å². The number of nitrogen functional groups attached to an aromatic ring is 1. The van der Waals surface area contributed by atoms with Crippen LogP contribution in [0.3, 0.4) is 0 Å². The fraction of sp³-hybridized carbons (Fsp3) is 0.455. The summed E-state index contributed by atoms with van der Waals surface area (Å²) in [6.07, 6.45) is 1.42. The van der Waals surface area contributed by atoms with Gasteiger partial charge in [-0.1, -0.05) is 0 Å². The third-order valence-electron chi connectivity index (χ3n) is 3.19. The number of nitrogens with one attached hydrogen (secondary N) is 1. The van der Waals surface area contributed by atoms with Gasteiger partial charge in [-0.05, 0) is 0 Å². The maximum Gasteiger partial charge on any atom is 0.323 e. The van der Waals surface area contributed by atoms with Crippen LogP contribution in [0.25, 0.3) is 11.2 Å². The van der Waals surface area contributed by atoms with Crippen molar-refractivity contribution in [3.63, 3.8) is 0 Å². The summed E-state index contributed by atoms with van der Waals surface area (Å²) in [5.41, 5.74) is 6.83. The van der Waals surface area contributed by atoms with Gasteiger partial charge in [-0.3, -0.25) is 4.79 Å². The van der Waals surface area contributed by atoms with E-state index >= 15 is 0 Å². The van der Waals surface area contributed by atoms with Crippen molar-refractivity contribution in [3.05, 3.63) is 6.33 Å². The number of hydrogen-bond acceptors (Lipinski definition) is 7. The summed E-state index contributed by atoms with van der Waals surface area (Å²) >= 11 is 0. The molecule has 2 aromatic rings. The fourth-order valence-corrected chi connectivity index (χ4v) is 2.27. The third kappa shape index (κ3) is 2.23. The minimum Gasteiger partial charge on any atom is -0.480 e. The zero-order valence-corrected chi connectivity index (χ0v) is 10.8. The SMILES string of the molecule is Nc1nc(N2CCNCC2)nc2ncn(CC(=O)O)c12. The molecule has 9 nitrogen and oxygen atoms in total. The number of aromatic nitrogens is 4. The molecule has 20 heavy (non-hydrogen) atoms. The van der Waals surface area contributed by atoms with E-state index in [4.69, 9.17) is 10.8 Å². The van der Waals surface area contributed by atoms with Crippen molar-refractivity contribution in [1.82, 2.24) is 24.8 Å². The molecule has 1 aliphatic heterocycles. The summed E-state index contributed by atoms with van der Waals surface area (Å²) in [6.45, 7) is 3.14. The molecule has 4 N–H and O–H groups in total. The Bertz CT molecular complexity index is 648. The van der Waals surface area contributed by atoms with E-state index in [-0.39, 0.29) is 12.4 Å². The first-order chi connectivity index (χ1) is 9.65. The van der Waals surface area contributed by atoms with E-state index in [0.717, 1.165) is 26.2 Å². The first-order valence-corrected chi connectivity index (χ1v) is 6.31. The van der Waals surface area contributed by atoms with Crippen LogP contribution in [0.15, 0.2) is 6.33 Å². The van der Waals surface area contributed by atoms with E-state index in [9.17, 15) is 4.79 Å². The van der Waals surface area contributed by atoms with Gasteiger partial charge in [0.25, 0.3) is 0 Å². The highest BCUT2D eigenvalue weighted by Gasteiger charge is 2.18. The first kappa shape index (κ1) is 12.6. The monoisotopic (exact) mass is 277 g/mol. The van der Waals surface area contributed by atoms with Crippen molar-refractivity contribution in [1.29, 1.82) is 0 Å². The Hall–Kier alpha value is -2.42. The largest absolute Gasteiger partial charge is 0.480 e. The molecule has 3 heterocycles. The smallest absolute Gasteiger partial charge is 0.323 e. The zero-order valence-electron chi connectivity index (χ0n) is 10.8. The molecule has 0 amide bonds. The lowest BCUT2D eigenvalue weighted by Crippen LogP contribution is -2.44. The minimum atomic E-state index is -0.963. The summed E-state index contributed by atoms with van der Waals surface area (Å²) in [7, 11) is 0. The Balaban J connectivity index is 2.00. The minimum absolute atomic E-state index is 0.211. The Kier molecular flexibility index (Phi) is 3.11. The molecule has 2 aromatic heterocycles. The van der Waals surface area contributed by atoms with Crippen LogP contribution >= 0.6 is 0 Å². The summed E-state index contributed by atoms with van der Waals surface area (Å²) in [5, 5.41) is 12.1. The second-order valence-electron chi connectivity index (χ2n) is 4.58. The van der Waals surface area contributed by atoms with Gasteiger partial charge in [0.15, 0.2) is 11.5 Å². The van der Waals surface area contributed by atoms with E-state index in [1.54, 1.807) is 0 Å². The highest BCUT2D eigenvalue weighted by atomic mass is 16.4. The van der Waals surface area contributed by atoms with Gasteiger partial charge >= 0.3 is 5.97 Å². The molecule has 0 aromatic carbocycles. The maximum absolute atomic E-state index is 10.8. The van der Waals surface area contributed by atoms with E-state index in [0.29, 0.717) is 17.1 Å². The lowest BCUT2D eigenvalue weighted by molar-refractivity contribution is -0.137. The van der Waals surface area contributed by atoms with Crippen LogP contribution in [0, 0.1) is 0 Å². The van der Waals surface area contributed by atoms with Gasteiger partial charge in [-0.25, -0.2) is 4.98 Å². The van der Waals surface area contributed by atoms with E-state index < -0.39 is 5.97 Å². The Labute approximate surface area is 114 Å². The molecule has 0 atom stereocenters. The molecule has 0 aliphatic carbocycles. The summed E-state index contributed by atoms with van der Waals surface area (Å²) < 4.78 is 1.44. The number of carboxylic acids is 1. The Morgan fingerprint density at radius 1 is 1.40 bits per heavy atom. The molecule has 106 valence electrons. The summed E-state index contributed by atoms with van der Waals surface area (Å²) in [5.74, 6) is -0.172. The van der Waals surface area contributed by atoms with Gasteiger partial charge < -0.3 is 25.6 Å². The van der Waals surface area contributed by atoms with Crippen molar-refractivity contribution >= 4 is 28.9 Å². The van der Waals surface area contributed by atoms with Crippen molar-refractivity contribution in [2.45, 2.75) is 6.54 Å². The number of fused-ring (bicyclic) bond motifs is 1. The van der Waals surface area contributed by atoms with Crippen LogP contribution in [-0.4, -0.2) is 56.8 Å². The number of hydrogen-bond donors (Lipinski definition) is 3. The predicted molar refractivity (Wildman–Crippen MR) is 72.5 cm³/mol. The average Bonchev–Trinajstić information content (AvgIpc) is 2.82. The van der Waals surface area contributed by atoms with Crippen LogP contribution in [0.2, 0.25) is 0 Å². The van der Waals surface area contributed by atoms with E-state index in [2.05, 4.69) is 20.3 Å². The number of rotatable bonds is 3. The topological polar surface area (TPSA) is 122 Å². The Morgan fingerprint density at radius 2 is 2.15 bits per heavy atom. The van der Waals surface area contributed by atoms with Crippen molar-refractivity contribution < 1.29 is 9.90 Å². The summed E-state index contributed by atoms with van der Waals surface area (Å²) in [4.78, 5) is 25.6. The van der Waals surface area contributed by atoms with Gasteiger partial charge in [0.05, 0.1) is 6.33 Å². The molecule has 3 rings (SSSR count). The number of piperazine rings is 1. The molecule has 1 saturated heterocycles. The third-order valence-corrected chi connectivity index (χ3v) is 3.19. The lowest BCUT2D eigenvalue weighted by Gasteiger charge is -2.27. The normalized spacial score (nSPS) is 15.7. The highest BCUT2D eigenvalue weighted by Crippen LogP contribution is 2.20. The molecule has 0 saturated carbocycles. The molecule has 1 fully saturated rings. The molecular formula is C11H15N7O2. The van der Waals surface area contributed by atoms with Crippen molar-refractivity contribution in [2.24, 2.45) is 0 Å². The van der Waals surface area contributed by atoms with Gasteiger partial charge in [0.2, 0.25) is 5.95 Å². The van der Waals surface area contributed by atoms with Gasteiger partial charge in [-0.2, -0.15) is 9.97 Å². The second kappa shape index (κ2) is 4.93. The van der Waals surface area contributed by atoms with Gasteiger partial charge in [0, 0.05) is 26.2 Å². The number of carbonyl (C=O) groups is 1. The molecule has 0 bridgehead atoms. The zero-order chi connectivity index (χ0) is 14.1. The highest BCUT2D eigenvalue weighted by molar-refractivity contribution is 5.84. The molecule has 0 unspecified atom stereocenters. The number of imidazole rings is 1. The predicted octanol–water partition coefficient (Wildman–Crippen LogP) is -1.10. The molecule has 0 radical (unpaired) electrons. The van der Waals surface area contributed by atoms with Gasteiger partial charge in [-0.15, -0.1) is 0 Å². The number of carboxylic acid groups (broad SMARTS) is 1. The molecular weight excluding hydrogens is 262 g/mol. The van der Waals surface area contributed by atoms with Crippen LogP contribution in [0.4, 0.5) is 11.8 Å². The fourth-order valence-electron chi connectivity index (χ4n) is 2.27. The van der Waals surface area contributed by atoms with E-state index in [1.807, 2.05) is 4.90 Å². The van der Waals surface area contributed by atoms with Crippen LogP contribution in [-0.2, 0) is 11.3 Å². The quantitative estimate of drug-likeness (QED) is 0.646. The van der Waals surface area contributed by atoms with Crippen LogP contribution in [0.1, 0.15) is 0 Å². The molecule has 9 heteroatoms. The second-order valence-corrected chi connectivity index (χ2v) is 4.58. The van der Waals surface area contributed by atoms with Crippen molar-refractivity contribution in [3.8, 4) is 0 Å². The van der Waals surface area contributed by atoms with Crippen LogP contribution in [0.5, 0.6) is 0 Å². The van der Waals surface area contributed by atoms with Crippen LogP contribution < -0.4 is 16.0 Å². The number of aliphatic carboxylic acids is 1. The van der Waals surface area contributed by atoms with Gasteiger partial charge in [0.1, 0.15) is 12.1 Å². The number of anilines is 2. The van der Waals surface area contributed by atoms with Crippen molar-refractivity contribution in [2.75, 3.05) is 36.8 Å².